The van der Waals surface area contributed by atoms with Gasteiger partial charge in [-0.05, 0) is 42.8 Å². The molecule has 138 valence electrons. The van der Waals surface area contributed by atoms with E-state index in [-0.39, 0.29) is 5.91 Å². The topological polar surface area (TPSA) is 78.4 Å². The Kier molecular flexibility index (Phi) is 6.84. The predicted octanol–water partition coefficient (Wildman–Crippen LogP) is 2.88. The molecule has 0 fully saturated rings. The van der Waals surface area contributed by atoms with Gasteiger partial charge < -0.3 is 18.9 Å². The highest BCUT2D eigenvalue weighted by atomic mass is 16.5. The van der Waals surface area contributed by atoms with Crippen LogP contribution in [0.2, 0.25) is 0 Å². The number of amides is 1. The van der Waals surface area contributed by atoms with Crippen molar-refractivity contribution >= 4 is 12.1 Å². The summed E-state index contributed by atoms with van der Waals surface area (Å²) in [4.78, 5) is 12.3. The molecule has 1 N–H and O–H groups in total. The first-order valence-electron chi connectivity index (χ1n) is 7.98. The number of nitrogens with one attached hydrogen (secondary N) is 1. The largest absolute Gasteiger partial charge is 0.497 e. The normalized spacial score (nSPS) is 10.5. The van der Waals surface area contributed by atoms with E-state index < -0.39 is 0 Å². The molecule has 1 amide bonds. The Morgan fingerprint density at radius 1 is 1.00 bits per heavy atom. The minimum absolute atomic E-state index is 0.378. The summed E-state index contributed by atoms with van der Waals surface area (Å²) in [6.07, 6.45) is 1.53. The highest BCUT2D eigenvalue weighted by Crippen LogP contribution is 2.27. The highest BCUT2D eigenvalue weighted by molar-refractivity contribution is 5.95. The molecule has 0 aliphatic heterocycles. The van der Waals surface area contributed by atoms with Gasteiger partial charge in [0.1, 0.15) is 11.5 Å². The maximum Gasteiger partial charge on any atom is 0.271 e. The van der Waals surface area contributed by atoms with Crippen LogP contribution in [0.25, 0.3) is 0 Å². The van der Waals surface area contributed by atoms with Gasteiger partial charge in [-0.1, -0.05) is 0 Å². The van der Waals surface area contributed by atoms with Gasteiger partial charge in [0, 0.05) is 11.6 Å². The maximum atomic E-state index is 12.3. The van der Waals surface area contributed by atoms with Crippen molar-refractivity contribution in [1.29, 1.82) is 0 Å². The van der Waals surface area contributed by atoms with E-state index in [2.05, 4.69) is 10.5 Å². The van der Waals surface area contributed by atoms with Crippen LogP contribution in [0.4, 0.5) is 0 Å². The molecule has 0 saturated carbocycles. The molecule has 7 heteroatoms. The number of carbonyl (C=O) groups excluding carboxylic acids is 1. The smallest absolute Gasteiger partial charge is 0.271 e. The number of ether oxygens (including phenoxy) is 4. The molecule has 0 unspecified atom stereocenters. The molecule has 0 heterocycles. The average Bonchev–Trinajstić information content (AvgIpc) is 2.67. The van der Waals surface area contributed by atoms with Gasteiger partial charge in [0.2, 0.25) is 0 Å². The Labute approximate surface area is 152 Å². The van der Waals surface area contributed by atoms with Crippen molar-refractivity contribution in [2.24, 2.45) is 5.10 Å². The first-order chi connectivity index (χ1) is 12.6. The monoisotopic (exact) mass is 358 g/mol. The number of hydrogen-bond acceptors (Lipinski definition) is 6. The number of hydrazone groups is 1. The number of rotatable bonds is 8. The molecule has 0 bridgehead atoms. The number of nitrogens with zero attached hydrogens (tertiary/aromatic N) is 1. The van der Waals surface area contributed by atoms with Gasteiger partial charge in [0.05, 0.1) is 34.2 Å². The third-order valence-corrected chi connectivity index (χ3v) is 3.48. The van der Waals surface area contributed by atoms with Crippen molar-refractivity contribution in [1.82, 2.24) is 5.43 Å². The minimum Gasteiger partial charge on any atom is -0.497 e. The highest BCUT2D eigenvalue weighted by Gasteiger charge is 2.09. The van der Waals surface area contributed by atoms with E-state index in [1.807, 2.05) is 13.0 Å². The van der Waals surface area contributed by atoms with Crippen LogP contribution in [0.3, 0.4) is 0 Å². The van der Waals surface area contributed by atoms with E-state index in [4.69, 9.17) is 18.9 Å². The summed E-state index contributed by atoms with van der Waals surface area (Å²) in [5.41, 5.74) is 3.62. The number of benzene rings is 2. The van der Waals surface area contributed by atoms with E-state index in [9.17, 15) is 4.79 Å². The molecule has 7 nitrogen and oxygen atoms in total. The molecule has 0 saturated heterocycles. The van der Waals surface area contributed by atoms with Gasteiger partial charge in [-0.15, -0.1) is 0 Å². The first-order valence-corrected chi connectivity index (χ1v) is 7.98. The molecule has 0 aliphatic carbocycles. The van der Waals surface area contributed by atoms with Crippen molar-refractivity contribution in [2.75, 3.05) is 27.9 Å². The average molecular weight is 358 g/mol. The summed E-state index contributed by atoms with van der Waals surface area (Å²) in [5, 5.41) is 3.98. The van der Waals surface area contributed by atoms with Gasteiger partial charge in [-0.3, -0.25) is 4.79 Å². The second kappa shape index (κ2) is 9.31. The van der Waals surface area contributed by atoms with Gasteiger partial charge >= 0.3 is 0 Å². The fourth-order valence-corrected chi connectivity index (χ4v) is 2.21. The van der Waals surface area contributed by atoms with Crippen molar-refractivity contribution in [3.8, 4) is 23.0 Å². The summed E-state index contributed by atoms with van der Waals surface area (Å²) >= 11 is 0. The molecule has 0 spiro atoms. The lowest BCUT2D eigenvalue weighted by molar-refractivity contribution is 0.0954. The molecule has 0 radical (unpaired) electrons. The minimum atomic E-state index is -0.378. The van der Waals surface area contributed by atoms with E-state index in [1.54, 1.807) is 37.4 Å². The molecule has 0 atom stereocenters. The Morgan fingerprint density at radius 2 is 1.69 bits per heavy atom. The van der Waals surface area contributed by atoms with Crippen LogP contribution in [0.15, 0.2) is 41.5 Å². The van der Waals surface area contributed by atoms with Gasteiger partial charge in [0.15, 0.2) is 11.5 Å². The Hall–Kier alpha value is -3.22. The quantitative estimate of drug-likeness (QED) is 0.580. The van der Waals surface area contributed by atoms with Gasteiger partial charge in [-0.2, -0.15) is 5.10 Å². The molecule has 2 aromatic carbocycles. The zero-order chi connectivity index (χ0) is 18.9. The molecular formula is C19H22N2O5. The van der Waals surface area contributed by atoms with E-state index >= 15 is 0 Å². The maximum absolute atomic E-state index is 12.3. The van der Waals surface area contributed by atoms with Crippen LogP contribution in [0.5, 0.6) is 23.0 Å². The van der Waals surface area contributed by atoms with Crippen molar-refractivity contribution < 1.29 is 23.7 Å². The number of hydrogen-bond donors (Lipinski definition) is 1. The summed E-state index contributed by atoms with van der Waals surface area (Å²) < 4.78 is 21.1. The molecule has 0 aromatic heterocycles. The lowest BCUT2D eigenvalue weighted by atomic mass is 10.2. The summed E-state index contributed by atoms with van der Waals surface area (Å²) in [5.74, 6) is 1.92. The molecular weight excluding hydrogens is 336 g/mol. The second-order valence-corrected chi connectivity index (χ2v) is 5.14. The zero-order valence-corrected chi connectivity index (χ0v) is 15.2. The number of carbonyl (C=O) groups is 1. The molecule has 2 rings (SSSR count). The zero-order valence-electron chi connectivity index (χ0n) is 15.2. The Bertz CT molecular complexity index is 767. The summed E-state index contributed by atoms with van der Waals surface area (Å²) in [6.45, 7) is 2.41. The van der Waals surface area contributed by atoms with E-state index in [0.29, 0.717) is 35.2 Å². The van der Waals surface area contributed by atoms with Gasteiger partial charge in [-0.25, -0.2) is 5.43 Å². The lowest BCUT2D eigenvalue weighted by Gasteiger charge is -2.09. The van der Waals surface area contributed by atoms with Crippen LogP contribution in [0.1, 0.15) is 22.8 Å². The van der Waals surface area contributed by atoms with E-state index in [1.165, 1.54) is 20.4 Å². The molecule has 0 aliphatic rings. The van der Waals surface area contributed by atoms with Crippen molar-refractivity contribution in [3.63, 3.8) is 0 Å². The SMILES string of the molecule is CCOc1cc(C=NNC(=O)c2cc(OC)cc(OC)c2)ccc1OC. The van der Waals surface area contributed by atoms with Crippen LogP contribution < -0.4 is 24.4 Å². The first kappa shape index (κ1) is 19.1. The fraction of sp³-hybridized carbons (Fsp3) is 0.263. The summed E-state index contributed by atoms with van der Waals surface area (Å²) in [7, 11) is 4.62. The Balaban J connectivity index is 2.10. The van der Waals surface area contributed by atoms with Crippen LogP contribution in [-0.2, 0) is 0 Å². The lowest BCUT2D eigenvalue weighted by Crippen LogP contribution is -2.17. The van der Waals surface area contributed by atoms with Crippen LogP contribution in [-0.4, -0.2) is 40.1 Å². The van der Waals surface area contributed by atoms with Crippen molar-refractivity contribution in [2.45, 2.75) is 6.92 Å². The third-order valence-electron chi connectivity index (χ3n) is 3.48. The standard InChI is InChI=1S/C19H22N2O5/c1-5-26-18-8-13(6-7-17(18)25-4)12-20-21-19(22)14-9-15(23-2)11-16(10-14)24-3/h6-12H,5H2,1-4H3,(H,21,22). The third kappa shape index (κ3) is 4.89. The number of methoxy groups -OCH3 is 3. The molecule has 26 heavy (non-hydrogen) atoms. The predicted molar refractivity (Wildman–Crippen MR) is 98.8 cm³/mol. The van der Waals surface area contributed by atoms with Gasteiger partial charge in [0.25, 0.3) is 5.91 Å². The second-order valence-electron chi connectivity index (χ2n) is 5.14. The Morgan fingerprint density at radius 3 is 2.27 bits per heavy atom. The van der Waals surface area contributed by atoms with Crippen LogP contribution in [0, 0.1) is 0 Å². The van der Waals surface area contributed by atoms with Crippen LogP contribution >= 0.6 is 0 Å². The van der Waals surface area contributed by atoms with Crippen molar-refractivity contribution in [3.05, 3.63) is 47.5 Å². The summed E-state index contributed by atoms with van der Waals surface area (Å²) in [6, 6.07) is 10.3. The van der Waals surface area contributed by atoms with E-state index in [0.717, 1.165) is 5.56 Å². The fourth-order valence-electron chi connectivity index (χ4n) is 2.21. The molecule has 2 aromatic rings.